The van der Waals surface area contributed by atoms with Gasteiger partial charge >= 0.3 is 0 Å². The first-order valence-corrected chi connectivity index (χ1v) is 7.50. The zero-order chi connectivity index (χ0) is 15.0. The zero-order valence-corrected chi connectivity index (χ0v) is 13.2. The molecule has 20 heavy (non-hydrogen) atoms. The van der Waals surface area contributed by atoms with Gasteiger partial charge in [-0.25, -0.2) is 8.78 Å². The van der Waals surface area contributed by atoms with Gasteiger partial charge in [-0.2, -0.15) is 0 Å². The highest BCUT2D eigenvalue weighted by molar-refractivity contribution is 9.10. The lowest BCUT2D eigenvalue weighted by atomic mass is 10.2. The van der Waals surface area contributed by atoms with Crippen LogP contribution in [0.2, 0.25) is 0 Å². The molecule has 0 saturated carbocycles. The lowest BCUT2D eigenvalue weighted by Gasteiger charge is -2.24. The molecule has 0 aliphatic heterocycles. The maximum atomic E-state index is 12.5. The number of alkyl halides is 2. The van der Waals surface area contributed by atoms with Crippen molar-refractivity contribution in [2.24, 2.45) is 0 Å². The molecule has 0 spiro atoms. The Morgan fingerprint density at radius 2 is 2.15 bits per heavy atom. The van der Waals surface area contributed by atoms with Gasteiger partial charge in [0.1, 0.15) is 0 Å². The van der Waals surface area contributed by atoms with E-state index in [0.29, 0.717) is 5.69 Å². The molecule has 1 rings (SSSR count). The minimum Gasteiger partial charge on any atom is -0.395 e. The van der Waals surface area contributed by atoms with Gasteiger partial charge in [0.15, 0.2) is 0 Å². The molecule has 0 saturated heterocycles. The van der Waals surface area contributed by atoms with Gasteiger partial charge in [-0.15, -0.1) is 0 Å². The number of hydrogen-bond donors (Lipinski definition) is 2. The van der Waals surface area contributed by atoms with Crippen molar-refractivity contribution in [3.63, 3.8) is 0 Å². The molecular formula is C14H21BrF2N2O. The molecule has 1 aromatic carbocycles. The minimum atomic E-state index is -2.42. The number of halogens is 3. The molecule has 0 bridgehead atoms. The molecule has 0 atom stereocenters. The molecule has 0 amide bonds. The second-order valence-corrected chi connectivity index (χ2v) is 5.37. The first-order valence-electron chi connectivity index (χ1n) is 6.71. The van der Waals surface area contributed by atoms with Gasteiger partial charge in [-0.1, -0.05) is 28.9 Å². The first-order chi connectivity index (χ1) is 9.58. The van der Waals surface area contributed by atoms with Crippen LogP contribution in [0, 0.1) is 0 Å². The van der Waals surface area contributed by atoms with Gasteiger partial charge in [0.25, 0.3) is 6.43 Å². The van der Waals surface area contributed by atoms with Crippen LogP contribution in [0.4, 0.5) is 14.5 Å². The number of hydrogen-bond acceptors (Lipinski definition) is 3. The summed E-state index contributed by atoms with van der Waals surface area (Å²) in [6.45, 7) is 3.46. The van der Waals surface area contributed by atoms with E-state index in [1.807, 2.05) is 18.2 Å². The van der Waals surface area contributed by atoms with Gasteiger partial charge < -0.3 is 15.3 Å². The summed E-state index contributed by atoms with van der Waals surface area (Å²) in [5.41, 5.74) is 1.77. The quantitative estimate of drug-likeness (QED) is 0.672. The van der Waals surface area contributed by atoms with Crippen molar-refractivity contribution in [2.75, 3.05) is 31.1 Å². The van der Waals surface area contributed by atoms with E-state index in [4.69, 9.17) is 5.11 Å². The Morgan fingerprint density at radius 3 is 2.70 bits per heavy atom. The Labute approximate surface area is 127 Å². The fourth-order valence-electron chi connectivity index (χ4n) is 1.89. The summed E-state index contributed by atoms with van der Waals surface area (Å²) in [5, 5.41) is 12.3. The lowest BCUT2D eigenvalue weighted by molar-refractivity contribution is 0.153. The number of benzene rings is 1. The van der Waals surface area contributed by atoms with Crippen LogP contribution in [0.5, 0.6) is 0 Å². The Kier molecular flexibility index (Phi) is 8.02. The molecule has 1 aromatic rings. The number of nitrogens with one attached hydrogen (secondary N) is 1. The molecule has 0 radical (unpaired) electrons. The third kappa shape index (κ3) is 5.73. The second kappa shape index (κ2) is 9.26. The summed E-state index contributed by atoms with van der Waals surface area (Å²) in [6, 6.07) is 5.55. The van der Waals surface area contributed by atoms with Crippen LogP contribution in [0.25, 0.3) is 0 Å². The van der Waals surface area contributed by atoms with Crippen molar-refractivity contribution < 1.29 is 13.9 Å². The average molecular weight is 351 g/mol. The van der Waals surface area contributed by atoms with E-state index < -0.39 is 6.43 Å². The average Bonchev–Trinajstić information content (AvgIpc) is 2.40. The topological polar surface area (TPSA) is 35.5 Å². The zero-order valence-electron chi connectivity index (χ0n) is 11.6. The van der Waals surface area contributed by atoms with E-state index in [1.54, 1.807) is 0 Å². The maximum absolute atomic E-state index is 12.5. The van der Waals surface area contributed by atoms with Crippen LogP contribution < -0.4 is 10.2 Å². The Balaban J connectivity index is 2.77. The number of rotatable bonds is 9. The summed E-state index contributed by atoms with van der Waals surface area (Å²) >= 11 is 3.47. The van der Waals surface area contributed by atoms with E-state index in [-0.39, 0.29) is 19.7 Å². The summed E-state index contributed by atoms with van der Waals surface area (Å²) in [5.74, 6) is 0. The number of nitrogens with zero attached hydrogens (tertiary/aromatic N) is 1. The van der Waals surface area contributed by atoms with Crippen LogP contribution in [-0.4, -0.2) is 37.8 Å². The fourth-order valence-corrected chi connectivity index (χ4v) is 2.40. The largest absolute Gasteiger partial charge is 0.395 e. The van der Waals surface area contributed by atoms with Crippen LogP contribution in [0.1, 0.15) is 18.9 Å². The molecule has 0 heterocycles. The third-order valence-electron chi connectivity index (χ3n) is 2.87. The Morgan fingerprint density at radius 1 is 1.40 bits per heavy atom. The Hall–Kier alpha value is -0.720. The minimum absolute atomic E-state index is 0.149. The first kappa shape index (κ1) is 17.3. The molecule has 0 unspecified atom stereocenters. The van der Waals surface area contributed by atoms with Gasteiger partial charge in [0.2, 0.25) is 0 Å². The van der Waals surface area contributed by atoms with Crippen LogP contribution in [0.3, 0.4) is 0 Å². The molecule has 2 N–H and O–H groups in total. The van der Waals surface area contributed by atoms with E-state index in [0.717, 1.165) is 29.5 Å². The van der Waals surface area contributed by atoms with Crippen LogP contribution in [0.15, 0.2) is 22.7 Å². The van der Waals surface area contributed by atoms with E-state index in [2.05, 4.69) is 28.2 Å². The van der Waals surface area contributed by atoms with Crippen molar-refractivity contribution in [1.29, 1.82) is 0 Å². The molecule has 3 nitrogen and oxygen atoms in total. The monoisotopic (exact) mass is 350 g/mol. The van der Waals surface area contributed by atoms with Crippen molar-refractivity contribution in [1.82, 2.24) is 5.32 Å². The van der Waals surface area contributed by atoms with E-state index >= 15 is 0 Å². The van der Waals surface area contributed by atoms with E-state index in [9.17, 15) is 8.78 Å². The van der Waals surface area contributed by atoms with Crippen LogP contribution in [-0.2, 0) is 6.54 Å². The highest BCUT2D eigenvalue weighted by Gasteiger charge is 2.13. The highest BCUT2D eigenvalue weighted by atomic mass is 79.9. The van der Waals surface area contributed by atoms with Crippen molar-refractivity contribution in [2.45, 2.75) is 26.3 Å². The normalized spacial score (nSPS) is 11.1. The molecular weight excluding hydrogens is 330 g/mol. The number of aliphatic hydroxyl groups is 1. The third-order valence-corrected chi connectivity index (χ3v) is 3.61. The molecule has 0 aliphatic carbocycles. The number of anilines is 1. The molecule has 0 fully saturated rings. The van der Waals surface area contributed by atoms with E-state index in [1.165, 1.54) is 4.90 Å². The molecule has 0 aromatic heterocycles. The molecule has 114 valence electrons. The SMILES string of the molecule is CCCNCc1ccc(N(CCO)CC(F)F)cc1Br. The van der Waals surface area contributed by atoms with Gasteiger partial charge in [-0.3, -0.25) is 0 Å². The van der Waals surface area contributed by atoms with Crippen molar-refractivity contribution in [3.05, 3.63) is 28.2 Å². The van der Waals surface area contributed by atoms with Crippen molar-refractivity contribution in [3.8, 4) is 0 Å². The summed E-state index contributed by atoms with van der Waals surface area (Å²) < 4.78 is 26.0. The smallest absolute Gasteiger partial charge is 0.255 e. The summed E-state index contributed by atoms with van der Waals surface area (Å²) in [7, 11) is 0. The van der Waals surface area contributed by atoms with Crippen LogP contribution >= 0.6 is 15.9 Å². The molecule has 6 heteroatoms. The predicted octanol–water partition coefficient (Wildman–Crippen LogP) is 3.01. The summed E-state index contributed by atoms with van der Waals surface area (Å²) in [4.78, 5) is 1.48. The summed E-state index contributed by atoms with van der Waals surface area (Å²) in [6.07, 6.45) is -1.36. The Bertz CT molecular complexity index is 405. The second-order valence-electron chi connectivity index (χ2n) is 4.51. The van der Waals surface area contributed by atoms with Gasteiger partial charge in [0.05, 0.1) is 13.2 Å². The molecule has 0 aliphatic rings. The van der Waals surface area contributed by atoms with Gasteiger partial charge in [-0.05, 0) is 30.7 Å². The predicted molar refractivity (Wildman–Crippen MR) is 81.4 cm³/mol. The fraction of sp³-hybridized carbons (Fsp3) is 0.571. The number of aliphatic hydroxyl groups excluding tert-OH is 1. The lowest BCUT2D eigenvalue weighted by Crippen LogP contribution is -2.31. The van der Waals surface area contributed by atoms with Gasteiger partial charge in [0, 0.05) is 23.2 Å². The van der Waals surface area contributed by atoms with Crippen molar-refractivity contribution >= 4 is 21.6 Å². The highest BCUT2D eigenvalue weighted by Crippen LogP contribution is 2.24. The standard InChI is InChI=1S/C14H21BrF2N2O/c1-2-5-18-9-11-3-4-12(8-13(11)15)19(6-7-20)10-14(16)17/h3-4,8,14,18,20H,2,5-7,9-10H2,1H3. The maximum Gasteiger partial charge on any atom is 0.255 e.